The molecule has 9 nitrogen and oxygen atoms in total. The van der Waals surface area contributed by atoms with Crippen LogP contribution >= 0.6 is 0 Å². The Morgan fingerprint density at radius 1 is 1.43 bits per heavy atom. The molecule has 118 valence electrons. The van der Waals surface area contributed by atoms with Crippen LogP contribution in [-0.4, -0.2) is 38.4 Å². The zero-order valence-corrected chi connectivity index (χ0v) is 12.5. The number of hydrogen-bond donors (Lipinski definition) is 2. The summed E-state index contributed by atoms with van der Waals surface area (Å²) in [7, 11) is 0. The first-order valence-electron chi connectivity index (χ1n) is 6.93. The van der Waals surface area contributed by atoms with Crippen LogP contribution in [-0.2, 0) is 11.3 Å². The predicted octanol–water partition coefficient (Wildman–Crippen LogP) is 0.590. The zero-order valence-electron chi connectivity index (χ0n) is 12.5. The number of nitrogens with zero attached hydrogens (tertiary/aromatic N) is 4. The van der Waals surface area contributed by atoms with E-state index in [0.29, 0.717) is 17.0 Å². The average Bonchev–Trinajstić information content (AvgIpc) is 3.12. The number of aromatic nitrogens is 4. The number of carbonyl (C=O) groups excluding carboxylic acids is 2. The fourth-order valence-corrected chi connectivity index (χ4v) is 2.23. The number of aromatic amines is 1. The molecule has 0 aliphatic carbocycles. The molecule has 23 heavy (non-hydrogen) atoms. The normalized spacial score (nSPS) is 16.8. The molecule has 0 radical (unpaired) electrons. The van der Waals surface area contributed by atoms with Crippen LogP contribution in [0.2, 0.25) is 0 Å². The van der Waals surface area contributed by atoms with Crippen LogP contribution in [0.15, 0.2) is 21.7 Å². The third kappa shape index (κ3) is 2.93. The number of amides is 2. The van der Waals surface area contributed by atoms with Crippen LogP contribution in [0.25, 0.3) is 0 Å². The second kappa shape index (κ2) is 5.95. The standard InChI is InChI=1S/C14H14N6O3/c1-7-11(8(2)19-18-7)14(22)16-6-10-17-12(20-23-10)9-4-3-5-15-13(9)21/h3-5,9H,6H2,1-2H3,(H,16,22)(H,18,19). The molecule has 1 unspecified atom stereocenters. The largest absolute Gasteiger partial charge is 0.343 e. The smallest absolute Gasteiger partial charge is 0.260 e. The van der Waals surface area contributed by atoms with E-state index in [4.69, 9.17) is 4.52 Å². The maximum atomic E-state index is 12.1. The topological polar surface area (TPSA) is 126 Å². The molecule has 2 amide bonds. The summed E-state index contributed by atoms with van der Waals surface area (Å²) < 4.78 is 5.06. The lowest BCUT2D eigenvalue weighted by Gasteiger charge is -2.04. The molecule has 0 spiro atoms. The van der Waals surface area contributed by atoms with Crippen molar-refractivity contribution in [3.63, 3.8) is 0 Å². The summed E-state index contributed by atoms with van der Waals surface area (Å²) in [6.07, 6.45) is 4.70. The predicted molar refractivity (Wildman–Crippen MR) is 78.9 cm³/mol. The van der Waals surface area contributed by atoms with Crippen molar-refractivity contribution in [2.45, 2.75) is 26.3 Å². The highest BCUT2D eigenvalue weighted by Crippen LogP contribution is 2.18. The second-order valence-corrected chi connectivity index (χ2v) is 5.02. The average molecular weight is 314 g/mol. The molecule has 9 heteroatoms. The second-order valence-electron chi connectivity index (χ2n) is 5.02. The highest BCUT2D eigenvalue weighted by atomic mass is 16.5. The van der Waals surface area contributed by atoms with E-state index >= 15 is 0 Å². The number of allylic oxidation sites excluding steroid dienone is 1. The molecule has 0 aromatic carbocycles. The molecule has 2 aromatic rings. The van der Waals surface area contributed by atoms with Gasteiger partial charge in [0.25, 0.3) is 11.8 Å². The lowest BCUT2D eigenvalue weighted by molar-refractivity contribution is -0.118. The summed E-state index contributed by atoms with van der Waals surface area (Å²) in [6.45, 7) is 3.57. The molecule has 0 saturated carbocycles. The number of nitrogens with one attached hydrogen (secondary N) is 2. The molecule has 2 aromatic heterocycles. The lowest BCUT2D eigenvalue weighted by Crippen LogP contribution is -2.24. The molecular formula is C14H14N6O3. The minimum absolute atomic E-state index is 0.0593. The Kier molecular flexibility index (Phi) is 3.83. The van der Waals surface area contributed by atoms with Gasteiger partial charge in [-0.2, -0.15) is 10.1 Å². The third-order valence-corrected chi connectivity index (χ3v) is 3.37. The maximum absolute atomic E-state index is 12.1. The van der Waals surface area contributed by atoms with Crippen LogP contribution in [0.1, 0.15) is 39.4 Å². The van der Waals surface area contributed by atoms with Crippen LogP contribution in [0.4, 0.5) is 0 Å². The van der Waals surface area contributed by atoms with Gasteiger partial charge in [0.15, 0.2) is 5.82 Å². The Bertz CT molecular complexity index is 797. The summed E-state index contributed by atoms with van der Waals surface area (Å²) in [4.78, 5) is 31.6. The van der Waals surface area contributed by atoms with Crippen molar-refractivity contribution in [2.24, 2.45) is 4.99 Å². The molecule has 1 atom stereocenters. The van der Waals surface area contributed by atoms with Gasteiger partial charge < -0.3 is 9.84 Å². The Morgan fingerprint density at radius 2 is 2.26 bits per heavy atom. The van der Waals surface area contributed by atoms with Gasteiger partial charge in [-0.3, -0.25) is 14.7 Å². The van der Waals surface area contributed by atoms with Gasteiger partial charge in [-0.15, -0.1) is 0 Å². The van der Waals surface area contributed by atoms with Gasteiger partial charge in [0.1, 0.15) is 5.92 Å². The Morgan fingerprint density at radius 3 is 2.96 bits per heavy atom. The number of aliphatic imine (C=N–C) groups is 1. The lowest BCUT2D eigenvalue weighted by atomic mass is 10.1. The first kappa shape index (κ1) is 14.8. The Hall–Kier alpha value is -3.10. The molecule has 1 aliphatic rings. The van der Waals surface area contributed by atoms with E-state index in [1.165, 1.54) is 6.21 Å². The van der Waals surface area contributed by atoms with Gasteiger partial charge in [-0.05, 0) is 19.9 Å². The molecule has 3 heterocycles. The Balaban J connectivity index is 1.66. The highest BCUT2D eigenvalue weighted by molar-refractivity contribution is 5.97. The maximum Gasteiger partial charge on any atom is 0.260 e. The summed E-state index contributed by atoms with van der Waals surface area (Å²) >= 11 is 0. The highest BCUT2D eigenvalue weighted by Gasteiger charge is 2.24. The third-order valence-electron chi connectivity index (χ3n) is 3.37. The molecule has 0 fully saturated rings. The van der Waals surface area contributed by atoms with Gasteiger partial charge >= 0.3 is 0 Å². The summed E-state index contributed by atoms with van der Waals surface area (Å²) in [6, 6.07) is 0. The van der Waals surface area contributed by atoms with E-state index in [1.54, 1.807) is 26.0 Å². The van der Waals surface area contributed by atoms with Crippen molar-refractivity contribution < 1.29 is 14.1 Å². The number of aryl methyl sites for hydroxylation is 2. The quantitative estimate of drug-likeness (QED) is 0.850. The zero-order chi connectivity index (χ0) is 16.4. The number of carbonyl (C=O) groups is 2. The molecule has 1 aliphatic heterocycles. The fourth-order valence-electron chi connectivity index (χ4n) is 2.23. The monoisotopic (exact) mass is 314 g/mol. The van der Waals surface area contributed by atoms with Gasteiger partial charge in [-0.25, -0.2) is 4.99 Å². The molecule has 0 saturated heterocycles. The van der Waals surface area contributed by atoms with E-state index in [-0.39, 0.29) is 30.1 Å². The van der Waals surface area contributed by atoms with Crippen molar-refractivity contribution in [3.8, 4) is 0 Å². The van der Waals surface area contributed by atoms with E-state index < -0.39 is 5.92 Å². The van der Waals surface area contributed by atoms with Crippen molar-refractivity contribution in [2.75, 3.05) is 0 Å². The first-order valence-corrected chi connectivity index (χ1v) is 6.93. The van der Waals surface area contributed by atoms with Gasteiger partial charge in [0.05, 0.1) is 17.8 Å². The number of H-pyrrole nitrogens is 1. The van der Waals surface area contributed by atoms with Crippen LogP contribution in [0, 0.1) is 13.8 Å². The minimum atomic E-state index is -0.647. The Labute approximate surface area is 130 Å². The van der Waals surface area contributed by atoms with Crippen molar-refractivity contribution in [1.29, 1.82) is 0 Å². The summed E-state index contributed by atoms with van der Waals surface area (Å²) in [5.41, 5.74) is 1.79. The summed E-state index contributed by atoms with van der Waals surface area (Å²) in [5.74, 6) is -0.849. The van der Waals surface area contributed by atoms with Crippen molar-refractivity contribution >= 4 is 18.0 Å². The van der Waals surface area contributed by atoms with Crippen LogP contribution in [0.3, 0.4) is 0 Å². The van der Waals surface area contributed by atoms with Crippen LogP contribution in [0.5, 0.6) is 0 Å². The summed E-state index contributed by atoms with van der Waals surface area (Å²) in [5, 5.41) is 13.2. The molecule has 2 N–H and O–H groups in total. The number of dihydropyridines is 1. The SMILES string of the molecule is Cc1n[nH]c(C)c1C(=O)NCc1nc(C2C=CC=NC2=O)no1. The van der Waals surface area contributed by atoms with Crippen molar-refractivity contribution in [3.05, 3.63) is 40.8 Å². The van der Waals surface area contributed by atoms with E-state index in [1.807, 2.05) is 0 Å². The van der Waals surface area contributed by atoms with Gasteiger partial charge in [0.2, 0.25) is 5.89 Å². The molecular weight excluding hydrogens is 300 g/mol. The fraction of sp³-hybridized carbons (Fsp3) is 0.286. The van der Waals surface area contributed by atoms with Gasteiger partial charge in [-0.1, -0.05) is 11.2 Å². The van der Waals surface area contributed by atoms with E-state index in [2.05, 4.69) is 30.6 Å². The molecule has 0 bridgehead atoms. The van der Waals surface area contributed by atoms with E-state index in [0.717, 1.165) is 0 Å². The number of hydrogen-bond acceptors (Lipinski definition) is 6. The molecule has 3 rings (SSSR count). The first-order chi connectivity index (χ1) is 11.1. The van der Waals surface area contributed by atoms with Crippen molar-refractivity contribution in [1.82, 2.24) is 25.7 Å². The van der Waals surface area contributed by atoms with E-state index in [9.17, 15) is 9.59 Å². The van der Waals surface area contributed by atoms with Crippen LogP contribution < -0.4 is 5.32 Å². The number of rotatable bonds is 4. The van der Waals surface area contributed by atoms with Gasteiger partial charge in [0, 0.05) is 11.9 Å². The minimum Gasteiger partial charge on any atom is -0.343 e.